The van der Waals surface area contributed by atoms with Crippen molar-refractivity contribution >= 4 is 35.1 Å². The number of nitrogens with two attached hydrogens (primary N) is 2. The van der Waals surface area contributed by atoms with Crippen molar-refractivity contribution in [2.24, 2.45) is 17.4 Å². The summed E-state index contributed by atoms with van der Waals surface area (Å²) < 4.78 is 13.6. The van der Waals surface area contributed by atoms with Crippen LogP contribution >= 0.6 is 11.6 Å². The highest BCUT2D eigenvalue weighted by Gasteiger charge is 2.35. The highest BCUT2D eigenvalue weighted by atomic mass is 35.5. The van der Waals surface area contributed by atoms with Crippen LogP contribution in [-0.4, -0.2) is 31.4 Å². The van der Waals surface area contributed by atoms with Gasteiger partial charge in [0.05, 0.1) is 17.6 Å². The van der Waals surface area contributed by atoms with Gasteiger partial charge < -0.3 is 16.0 Å². The maximum atomic E-state index is 13.6. The van der Waals surface area contributed by atoms with E-state index >= 15 is 0 Å². The van der Waals surface area contributed by atoms with Gasteiger partial charge in [-0.1, -0.05) is 29.8 Å². The molecule has 0 fully saturated rings. The van der Waals surface area contributed by atoms with E-state index in [2.05, 4.69) is 20.9 Å². The molecule has 8 N–H and O–H groups in total. The van der Waals surface area contributed by atoms with Gasteiger partial charge >= 0.3 is 17.8 Å². The second kappa shape index (κ2) is 9.76. The standard InChI is InChI=1S/C21H24ClFN6O2/c1-26-9-11-2-3-12-7-13(10-27-21(24)25)18(15(12)6-11)29-20(31)19(30)28-14-4-5-16(22)17(23)8-14/h2-6,8,13,18,26H,7,9-10H2,1H3,(H,28,30)(H,29,31)(H4,24,25,27)/p+1. The van der Waals surface area contributed by atoms with Crippen molar-refractivity contribution in [3.63, 3.8) is 0 Å². The number of carbonyl (C=O) groups is 2. The van der Waals surface area contributed by atoms with Crippen LogP contribution < -0.4 is 32.4 Å². The number of hydrogen-bond donors (Lipinski definition) is 6. The molecule has 2 atom stereocenters. The Kier molecular flexibility index (Phi) is 7.09. The number of fused-ring (bicyclic) bond motifs is 1. The van der Waals surface area contributed by atoms with Crippen molar-refractivity contribution in [1.82, 2.24) is 10.6 Å². The third-order valence-corrected chi connectivity index (χ3v) is 5.42. The van der Waals surface area contributed by atoms with Gasteiger partial charge in [-0.2, -0.15) is 0 Å². The fourth-order valence-electron chi connectivity index (χ4n) is 3.69. The normalized spacial score (nSPS) is 17.0. The van der Waals surface area contributed by atoms with E-state index in [1.54, 1.807) is 0 Å². The van der Waals surface area contributed by atoms with Crippen LogP contribution in [0.1, 0.15) is 22.7 Å². The molecule has 3 rings (SSSR count). The van der Waals surface area contributed by atoms with Gasteiger partial charge in [-0.3, -0.25) is 26.0 Å². The molecule has 0 spiro atoms. The van der Waals surface area contributed by atoms with Gasteiger partial charge in [-0.25, -0.2) is 4.39 Å². The maximum absolute atomic E-state index is 13.6. The van der Waals surface area contributed by atoms with Crippen molar-refractivity contribution in [3.8, 4) is 0 Å². The lowest BCUT2D eigenvalue weighted by molar-refractivity contribution is -0.468. The first-order valence-corrected chi connectivity index (χ1v) is 10.1. The Morgan fingerprint density at radius 3 is 2.65 bits per heavy atom. The van der Waals surface area contributed by atoms with Crippen molar-refractivity contribution in [3.05, 3.63) is 63.9 Å². The number of carbonyl (C=O) groups excluding carboxylic acids is 2. The molecule has 2 aromatic rings. The molecule has 31 heavy (non-hydrogen) atoms. The van der Waals surface area contributed by atoms with Crippen LogP contribution in [0, 0.1) is 11.7 Å². The van der Waals surface area contributed by atoms with E-state index < -0.39 is 23.7 Å². The first-order chi connectivity index (χ1) is 14.8. The summed E-state index contributed by atoms with van der Waals surface area (Å²) in [6, 6.07) is 9.41. The van der Waals surface area contributed by atoms with Crippen LogP contribution in [0.5, 0.6) is 0 Å². The van der Waals surface area contributed by atoms with Crippen LogP contribution in [0.15, 0.2) is 36.4 Å². The molecule has 0 saturated heterocycles. The number of rotatable bonds is 6. The minimum Gasteiger partial charge on any atom is -0.341 e. The average Bonchev–Trinajstić information content (AvgIpc) is 3.06. The summed E-state index contributed by atoms with van der Waals surface area (Å²) in [5.41, 5.74) is 14.3. The molecule has 2 aromatic carbocycles. The summed E-state index contributed by atoms with van der Waals surface area (Å²) in [6.45, 7) is 1.09. The minimum absolute atomic E-state index is 0.0633. The second-order valence-electron chi connectivity index (χ2n) is 7.40. The van der Waals surface area contributed by atoms with E-state index in [0.717, 1.165) is 22.8 Å². The van der Waals surface area contributed by atoms with E-state index in [9.17, 15) is 14.0 Å². The molecule has 0 bridgehead atoms. The second-order valence-corrected chi connectivity index (χ2v) is 7.81. The molecule has 2 unspecified atom stereocenters. The SMILES string of the molecule is CNCc1ccc2c(c1)C(NC(=O)C(=O)Nc1ccc(Cl)c(F)c1)C(C[NH+]=C(N)N)C2. The lowest BCUT2D eigenvalue weighted by Gasteiger charge is -2.20. The first-order valence-electron chi connectivity index (χ1n) is 9.73. The molecule has 164 valence electrons. The fraction of sp³-hybridized carbons (Fsp3) is 0.286. The Morgan fingerprint density at radius 1 is 1.19 bits per heavy atom. The van der Waals surface area contributed by atoms with Gasteiger partial charge in [-0.05, 0) is 48.4 Å². The Bertz CT molecular complexity index is 1020. The molecule has 1 aliphatic carbocycles. The van der Waals surface area contributed by atoms with E-state index in [-0.39, 0.29) is 22.6 Å². The number of benzene rings is 2. The third kappa shape index (κ3) is 5.50. The molecular formula is C21H25ClFN6O2+. The van der Waals surface area contributed by atoms with Crippen LogP contribution in [0.4, 0.5) is 10.1 Å². The molecule has 1 aliphatic rings. The predicted molar refractivity (Wildman–Crippen MR) is 117 cm³/mol. The first kappa shape index (κ1) is 22.5. The van der Waals surface area contributed by atoms with Crippen molar-refractivity contribution in [2.45, 2.75) is 19.0 Å². The Labute approximate surface area is 184 Å². The van der Waals surface area contributed by atoms with Crippen LogP contribution in [0.25, 0.3) is 0 Å². The molecule has 0 aromatic heterocycles. The quantitative estimate of drug-likeness (QED) is 0.202. The predicted octanol–water partition coefficient (Wildman–Crippen LogP) is -0.479. The van der Waals surface area contributed by atoms with Gasteiger partial charge in [0.15, 0.2) is 0 Å². The highest BCUT2D eigenvalue weighted by molar-refractivity contribution is 6.39. The molecule has 0 radical (unpaired) electrons. The summed E-state index contributed by atoms with van der Waals surface area (Å²) >= 11 is 5.65. The summed E-state index contributed by atoms with van der Waals surface area (Å²) in [7, 11) is 1.85. The number of hydrogen-bond acceptors (Lipinski definition) is 3. The molecular weight excluding hydrogens is 423 g/mol. The lowest BCUT2D eigenvalue weighted by Crippen LogP contribution is -2.79. The lowest BCUT2D eigenvalue weighted by atomic mass is 9.99. The molecule has 0 heterocycles. The minimum atomic E-state index is -0.904. The average molecular weight is 448 g/mol. The fourth-order valence-corrected chi connectivity index (χ4v) is 3.81. The van der Waals surface area contributed by atoms with Gasteiger partial charge in [0.2, 0.25) is 0 Å². The van der Waals surface area contributed by atoms with E-state index in [1.165, 1.54) is 12.1 Å². The zero-order valence-electron chi connectivity index (χ0n) is 17.0. The summed E-state index contributed by atoms with van der Waals surface area (Å²) in [5, 5.41) is 8.21. The molecule has 0 aliphatic heterocycles. The highest BCUT2D eigenvalue weighted by Crippen LogP contribution is 2.36. The molecule has 0 saturated carbocycles. The zero-order chi connectivity index (χ0) is 22.5. The van der Waals surface area contributed by atoms with Gasteiger partial charge in [0.1, 0.15) is 5.82 Å². The number of halogens is 2. The van der Waals surface area contributed by atoms with Crippen molar-refractivity contribution in [2.75, 3.05) is 18.9 Å². The molecule has 2 amide bonds. The number of anilines is 1. The smallest absolute Gasteiger partial charge is 0.338 e. The van der Waals surface area contributed by atoms with E-state index in [1.807, 2.05) is 25.2 Å². The molecule has 8 nitrogen and oxygen atoms in total. The Morgan fingerprint density at radius 2 is 1.97 bits per heavy atom. The van der Waals surface area contributed by atoms with E-state index in [0.29, 0.717) is 19.5 Å². The van der Waals surface area contributed by atoms with Crippen molar-refractivity contribution in [1.29, 1.82) is 0 Å². The summed E-state index contributed by atoms with van der Waals surface area (Å²) in [6.07, 6.45) is 0.685. The summed E-state index contributed by atoms with van der Waals surface area (Å²) in [5.74, 6) is -2.41. The van der Waals surface area contributed by atoms with Crippen LogP contribution in [-0.2, 0) is 22.6 Å². The topological polar surface area (TPSA) is 136 Å². The monoisotopic (exact) mass is 447 g/mol. The number of amides is 2. The Balaban J connectivity index is 1.79. The third-order valence-electron chi connectivity index (χ3n) is 5.12. The summed E-state index contributed by atoms with van der Waals surface area (Å²) in [4.78, 5) is 27.9. The van der Waals surface area contributed by atoms with Gasteiger partial charge in [0.25, 0.3) is 0 Å². The number of nitrogens with one attached hydrogen (secondary N) is 4. The zero-order valence-corrected chi connectivity index (χ0v) is 17.7. The largest absolute Gasteiger partial charge is 0.341 e. The number of guanidine groups is 1. The Hall–Kier alpha value is -3.17. The van der Waals surface area contributed by atoms with E-state index in [4.69, 9.17) is 23.1 Å². The molecule has 10 heteroatoms. The van der Waals surface area contributed by atoms with Crippen molar-refractivity contribution < 1.29 is 19.0 Å². The maximum Gasteiger partial charge on any atom is 0.338 e. The van der Waals surface area contributed by atoms with Gasteiger partial charge in [-0.15, -0.1) is 0 Å². The van der Waals surface area contributed by atoms with Crippen LogP contribution in [0.2, 0.25) is 5.02 Å². The van der Waals surface area contributed by atoms with Gasteiger partial charge in [0, 0.05) is 18.2 Å². The van der Waals surface area contributed by atoms with Crippen LogP contribution in [0.3, 0.4) is 0 Å².